The largest absolute Gasteiger partial charge is 0.381 e. The molecule has 2 aliphatic rings. The zero-order valence-electron chi connectivity index (χ0n) is 12.4. The van der Waals surface area contributed by atoms with E-state index in [9.17, 15) is 0 Å². The lowest BCUT2D eigenvalue weighted by atomic mass is 9.77. The van der Waals surface area contributed by atoms with Crippen molar-refractivity contribution < 1.29 is 9.47 Å². The van der Waals surface area contributed by atoms with Gasteiger partial charge in [-0.2, -0.15) is 0 Å². The fourth-order valence-electron chi connectivity index (χ4n) is 3.63. The van der Waals surface area contributed by atoms with E-state index in [1.165, 1.54) is 10.6 Å². The molecule has 3 heterocycles. The minimum absolute atomic E-state index is 0.0643. The molecule has 0 amide bonds. The first-order valence-corrected chi connectivity index (χ1v) is 8.41. The summed E-state index contributed by atoms with van der Waals surface area (Å²) in [6.45, 7) is 4.67. The maximum Gasteiger partial charge on any atom is 0.0798 e. The van der Waals surface area contributed by atoms with E-state index in [-0.39, 0.29) is 5.60 Å². The summed E-state index contributed by atoms with van der Waals surface area (Å²) in [6.07, 6.45) is 4.36. The van der Waals surface area contributed by atoms with E-state index < -0.39 is 0 Å². The highest BCUT2D eigenvalue weighted by atomic mass is 32.1. The fraction of sp³-hybridized carbons (Fsp3) is 0.800. The van der Waals surface area contributed by atoms with Crippen LogP contribution in [0.15, 0.2) is 5.51 Å². The zero-order valence-corrected chi connectivity index (χ0v) is 13.2. The van der Waals surface area contributed by atoms with Gasteiger partial charge >= 0.3 is 0 Å². The van der Waals surface area contributed by atoms with Crippen molar-refractivity contribution in [3.63, 3.8) is 0 Å². The first-order valence-electron chi connectivity index (χ1n) is 7.53. The van der Waals surface area contributed by atoms with Crippen molar-refractivity contribution in [3.05, 3.63) is 16.1 Å². The summed E-state index contributed by atoms with van der Waals surface area (Å²) in [5.41, 5.74) is 3.19. The molecule has 2 unspecified atom stereocenters. The molecule has 0 radical (unpaired) electrons. The van der Waals surface area contributed by atoms with Gasteiger partial charge < -0.3 is 14.8 Å². The Labute approximate surface area is 124 Å². The van der Waals surface area contributed by atoms with Crippen LogP contribution in [0.25, 0.3) is 0 Å². The molecule has 2 fully saturated rings. The van der Waals surface area contributed by atoms with E-state index in [4.69, 9.17) is 9.47 Å². The van der Waals surface area contributed by atoms with Gasteiger partial charge in [0.05, 0.1) is 16.8 Å². The maximum atomic E-state index is 6.16. The summed E-state index contributed by atoms with van der Waals surface area (Å²) in [4.78, 5) is 5.80. The van der Waals surface area contributed by atoms with Gasteiger partial charge in [0, 0.05) is 30.7 Å². The van der Waals surface area contributed by atoms with Gasteiger partial charge in [-0.15, -0.1) is 11.3 Å². The standard InChI is InChI=1S/C15H24N2O2S/c1-11-14(20-10-17-11)13(16-2)12-3-6-19-15(9-12)4-7-18-8-5-15/h10,12-13,16H,3-9H2,1-2H3. The van der Waals surface area contributed by atoms with Crippen LogP contribution in [-0.4, -0.2) is 37.5 Å². The summed E-state index contributed by atoms with van der Waals surface area (Å²) in [7, 11) is 2.07. The Morgan fingerprint density at radius 1 is 1.40 bits per heavy atom. The van der Waals surface area contributed by atoms with Crippen LogP contribution >= 0.6 is 11.3 Å². The maximum absolute atomic E-state index is 6.16. The normalized spacial score (nSPS) is 27.6. The number of nitrogens with one attached hydrogen (secondary N) is 1. The molecule has 2 aliphatic heterocycles. The van der Waals surface area contributed by atoms with Gasteiger partial charge in [-0.3, -0.25) is 0 Å². The minimum Gasteiger partial charge on any atom is -0.381 e. The number of hydrogen-bond acceptors (Lipinski definition) is 5. The molecule has 0 aromatic carbocycles. The van der Waals surface area contributed by atoms with Crippen LogP contribution in [0.2, 0.25) is 0 Å². The van der Waals surface area contributed by atoms with Crippen LogP contribution in [0.4, 0.5) is 0 Å². The van der Waals surface area contributed by atoms with Crippen LogP contribution in [0.1, 0.15) is 42.3 Å². The second kappa shape index (κ2) is 6.10. The zero-order chi connectivity index (χ0) is 14.0. The molecule has 0 bridgehead atoms. The van der Waals surface area contributed by atoms with Crippen LogP contribution < -0.4 is 5.32 Å². The van der Waals surface area contributed by atoms with Crippen molar-refractivity contribution in [1.29, 1.82) is 0 Å². The van der Waals surface area contributed by atoms with Gasteiger partial charge in [-0.1, -0.05) is 0 Å². The molecule has 0 aliphatic carbocycles. The fourth-order valence-corrected chi connectivity index (χ4v) is 4.64. The van der Waals surface area contributed by atoms with Crippen LogP contribution in [0, 0.1) is 12.8 Å². The van der Waals surface area contributed by atoms with E-state index >= 15 is 0 Å². The van der Waals surface area contributed by atoms with E-state index in [1.807, 2.05) is 5.51 Å². The van der Waals surface area contributed by atoms with Crippen molar-refractivity contribution >= 4 is 11.3 Å². The highest BCUT2D eigenvalue weighted by Gasteiger charge is 2.41. The molecule has 5 heteroatoms. The molecule has 2 atom stereocenters. The number of nitrogens with zero attached hydrogens (tertiary/aromatic N) is 1. The SMILES string of the molecule is CNC(c1scnc1C)C1CCOC2(CCOCC2)C1. The van der Waals surface area contributed by atoms with Crippen molar-refractivity contribution in [2.75, 3.05) is 26.9 Å². The van der Waals surface area contributed by atoms with Crippen LogP contribution in [0.3, 0.4) is 0 Å². The van der Waals surface area contributed by atoms with Crippen LogP contribution in [0.5, 0.6) is 0 Å². The Hall–Kier alpha value is -0.490. The second-order valence-electron chi connectivity index (χ2n) is 5.97. The average molecular weight is 296 g/mol. The number of aryl methyl sites for hydroxylation is 1. The molecule has 3 rings (SSSR count). The molecule has 1 aromatic rings. The Balaban J connectivity index is 1.76. The molecule has 2 saturated heterocycles. The highest BCUT2D eigenvalue weighted by Crippen LogP contribution is 2.42. The van der Waals surface area contributed by atoms with Gasteiger partial charge in [0.15, 0.2) is 0 Å². The lowest BCUT2D eigenvalue weighted by Crippen LogP contribution is -2.46. The van der Waals surface area contributed by atoms with E-state index in [0.717, 1.165) is 45.5 Å². The topological polar surface area (TPSA) is 43.4 Å². The number of aromatic nitrogens is 1. The van der Waals surface area contributed by atoms with Crippen molar-refractivity contribution in [2.45, 2.75) is 44.2 Å². The highest BCUT2D eigenvalue weighted by molar-refractivity contribution is 7.09. The third-order valence-electron chi connectivity index (χ3n) is 4.78. The Bertz CT molecular complexity index is 437. The Kier molecular flexibility index (Phi) is 4.40. The van der Waals surface area contributed by atoms with Gasteiger partial charge in [-0.05, 0) is 45.6 Å². The average Bonchev–Trinajstić information content (AvgIpc) is 2.87. The number of rotatable bonds is 3. The van der Waals surface area contributed by atoms with Gasteiger partial charge in [0.2, 0.25) is 0 Å². The summed E-state index contributed by atoms with van der Waals surface area (Å²) in [5, 5.41) is 3.52. The molecule has 112 valence electrons. The first kappa shape index (κ1) is 14.4. The third-order valence-corrected chi connectivity index (χ3v) is 5.80. The molecular formula is C15H24N2O2S. The van der Waals surface area contributed by atoms with Gasteiger partial charge in [-0.25, -0.2) is 4.98 Å². The lowest BCUT2D eigenvalue weighted by Gasteiger charge is -2.45. The van der Waals surface area contributed by atoms with Gasteiger partial charge in [0.25, 0.3) is 0 Å². The van der Waals surface area contributed by atoms with Gasteiger partial charge in [0.1, 0.15) is 0 Å². The summed E-state index contributed by atoms with van der Waals surface area (Å²) in [5.74, 6) is 0.631. The van der Waals surface area contributed by atoms with Crippen molar-refractivity contribution in [1.82, 2.24) is 10.3 Å². The summed E-state index contributed by atoms with van der Waals surface area (Å²) < 4.78 is 11.7. The summed E-state index contributed by atoms with van der Waals surface area (Å²) in [6, 6.07) is 0.408. The van der Waals surface area contributed by atoms with Crippen LogP contribution in [-0.2, 0) is 9.47 Å². The molecule has 0 saturated carbocycles. The molecular weight excluding hydrogens is 272 g/mol. The Morgan fingerprint density at radius 2 is 2.20 bits per heavy atom. The van der Waals surface area contributed by atoms with E-state index in [0.29, 0.717) is 12.0 Å². The summed E-state index contributed by atoms with van der Waals surface area (Å²) >= 11 is 1.77. The van der Waals surface area contributed by atoms with E-state index in [1.54, 1.807) is 11.3 Å². The second-order valence-corrected chi connectivity index (χ2v) is 6.85. The van der Waals surface area contributed by atoms with E-state index in [2.05, 4.69) is 24.3 Å². The number of thiazole rings is 1. The smallest absolute Gasteiger partial charge is 0.0798 e. The first-order chi connectivity index (χ1) is 9.74. The minimum atomic E-state index is 0.0643. The quantitative estimate of drug-likeness (QED) is 0.931. The molecule has 1 aromatic heterocycles. The molecule has 4 nitrogen and oxygen atoms in total. The molecule has 1 N–H and O–H groups in total. The monoisotopic (exact) mass is 296 g/mol. The van der Waals surface area contributed by atoms with Crippen molar-refractivity contribution in [2.24, 2.45) is 5.92 Å². The Morgan fingerprint density at radius 3 is 2.85 bits per heavy atom. The molecule has 1 spiro atoms. The predicted octanol–water partition coefficient (Wildman–Crippen LogP) is 2.69. The number of ether oxygens (including phenoxy) is 2. The lowest BCUT2D eigenvalue weighted by molar-refractivity contribution is -0.150. The van der Waals surface area contributed by atoms with Crippen molar-refractivity contribution in [3.8, 4) is 0 Å². The predicted molar refractivity (Wildman–Crippen MR) is 80.1 cm³/mol. The third kappa shape index (κ3) is 2.77. The number of hydrogen-bond donors (Lipinski definition) is 1. The molecule has 20 heavy (non-hydrogen) atoms.